The normalized spacial score (nSPS) is 16.0. The summed E-state index contributed by atoms with van der Waals surface area (Å²) in [6.07, 6.45) is 0.771. The van der Waals surface area contributed by atoms with Crippen LogP contribution < -0.4 is 20.1 Å². The molecule has 1 unspecified atom stereocenters. The molecule has 2 aromatic carbocycles. The molecular weight excluding hydrogens is 292 g/mol. The number of amides is 2. The fourth-order valence-corrected chi connectivity index (χ4v) is 2.57. The Hall–Kier alpha value is -2.69. The Bertz CT molecular complexity index is 670. The van der Waals surface area contributed by atoms with Gasteiger partial charge in [-0.3, -0.25) is 0 Å². The molecular formula is C18H20N2O3. The molecule has 0 radical (unpaired) electrons. The van der Waals surface area contributed by atoms with Crippen LogP contribution in [0.25, 0.3) is 0 Å². The smallest absolute Gasteiger partial charge is 0.319 e. The van der Waals surface area contributed by atoms with Gasteiger partial charge < -0.3 is 20.1 Å². The van der Waals surface area contributed by atoms with Crippen molar-refractivity contribution in [3.8, 4) is 11.5 Å². The molecule has 1 aliphatic heterocycles. The first kappa shape index (κ1) is 15.2. The molecule has 0 spiro atoms. The number of carbonyl (C=O) groups excluding carboxylic acids is 1. The Morgan fingerprint density at radius 2 is 2.00 bits per heavy atom. The van der Waals surface area contributed by atoms with Crippen molar-refractivity contribution in [3.05, 3.63) is 54.1 Å². The van der Waals surface area contributed by atoms with Crippen molar-refractivity contribution in [1.82, 2.24) is 5.32 Å². The fourth-order valence-electron chi connectivity index (χ4n) is 2.57. The molecule has 5 heteroatoms. The number of rotatable bonds is 4. The van der Waals surface area contributed by atoms with Gasteiger partial charge in [0, 0.05) is 5.69 Å². The van der Waals surface area contributed by atoms with Crippen LogP contribution in [-0.2, 0) is 6.42 Å². The minimum absolute atomic E-state index is 0.0346. The average molecular weight is 312 g/mol. The highest BCUT2D eigenvalue weighted by Crippen LogP contribution is 2.24. The van der Waals surface area contributed by atoms with Gasteiger partial charge in [-0.25, -0.2) is 4.79 Å². The maximum Gasteiger partial charge on any atom is 0.319 e. The van der Waals surface area contributed by atoms with Crippen LogP contribution in [-0.4, -0.2) is 25.3 Å². The van der Waals surface area contributed by atoms with Crippen LogP contribution in [0.4, 0.5) is 10.5 Å². The highest BCUT2D eigenvalue weighted by atomic mass is 16.5. The molecule has 1 atom stereocenters. The van der Waals surface area contributed by atoms with Gasteiger partial charge in [-0.2, -0.15) is 0 Å². The first-order chi connectivity index (χ1) is 11.2. The van der Waals surface area contributed by atoms with Gasteiger partial charge in [-0.1, -0.05) is 18.2 Å². The van der Waals surface area contributed by atoms with Crippen molar-refractivity contribution >= 4 is 11.7 Å². The molecule has 0 aromatic heterocycles. The molecule has 3 rings (SSSR count). The van der Waals surface area contributed by atoms with E-state index in [1.165, 1.54) is 0 Å². The molecule has 2 amide bonds. The Morgan fingerprint density at radius 1 is 1.22 bits per heavy atom. The van der Waals surface area contributed by atoms with E-state index in [1.807, 2.05) is 55.5 Å². The van der Waals surface area contributed by atoms with Crippen LogP contribution in [0.1, 0.15) is 12.5 Å². The summed E-state index contributed by atoms with van der Waals surface area (Å²) in [6, 6.07) is 14.9. The maximum atomic E-state index is 12.1. The zero-order valence-electron chi connectivity index (χ0n) is 13.0. The third-order valence-electron chi connectivity index (χ3n) is 3.64. The van der Waals surface area contributed by atoms with E-state index in [1.54, 1.807) is 0 Å². The minimum Gasteiger partial charge on any atom is -0.494 e. The lowest BCUT2D eigenvalue weighted by atomic mass is 10.0. The topological polar surface area (TPSA) is 59.6 Å². The molecule has 2 aromatic rings. The number of para-hydroxylation sites is 1. The van der Waals surface area contributed by atoms with Crippen LogP contribution in [0, 0.1) is 0 Å². The lowest BCUT2D eigenvalue weighted by Crippen LogP contribution is -2.44. The summed E-state index contributed by atoms with van der Waals surface area (Å²) in [4.78, 5) is 12.1. The summed E-state index contributed by atoms with van der Waals surface area (Å²) in [7, 11) is 0. The van der Waals surface area contributed by atoms with E-state index in [0.29, 0.717) is 13.2 Å². The SMILES string of the molecule is CCOc1ccc(NC(=O)NC2COc3ccccc3C2)cc1. The molecule has 0 saturated carbocycles. The first-order valence-electron chi connectivity index (χ1n) is 7.75. The highest BCUT2D eigenvalue weighted by molar-refractivity contribution is 5.89. The van der Waals surface area contributed by atoms with Crippen molar-refractivity contribution in [2.45, 2.75) is 19.4 Å². The van der Waals surface area contributed by atoms with Gasteiger partial charge in [0.2, 0.25) is 0 Å². The monoisotopic (exact) mass is 312 g/mol. The second kappa shape index (κ2) is 7.05. The number of hydrogen-bond donors (Lipinski definition) is 2. The minimum atomic E-state index is -0.234. The number of nitrogens with one attached hydrogen (secondary N) is 2. The molecule has 120 valence electrons. The van der Waals surface area contributed by atoms with Crippen LogP contribution in [0.15, 0.2) is 48.5 Å². The molecule has 23 heavy (non-hydrogen) atoms. The molecule has 0 aliphatic carbocycles. The third-order valence-corrected chi connectivity index (χ3v) is 3.64. The fraction of sp³-hybridized carbons (Fsp3) is 0.278. The molecule has 0 saturated heterocycles. The summed E-state index contributed by atoms with van der Waals surface area (Å²) < 4.78 is 11.0. The molecule has 1 aliphatic rings. The first-order valence-corrected chi connectivity index (χ1v) is 7.75. The van der Waals surface area contributed by atoms with E-state index >= 15 is 0 Å². The summed E-state index contributed by atoms with van der Waals surface area (Å²) in [5.41, 5.74) is 1.84. The van der Waals surface area contributed by atoms with Gasteiger partial charge in [0.25, 0.3) is 0 Å². The molecule has 0 bridgehead atoms. The van der Waals surface area contributed by atoms with E-state index < -0.39 is 0 Å². The van der Waals surface area contributed by atoms with E-state index in [-0.39, 0.29) is 12.1 Å². The second-order valence-electron chi connectivity index (χ2n) is 5.38. The maximum absolute atomic E-state index is 12.1. The summed E-state index contributed by atoms with van der Waals surface area (Å²) in [6.45, 7) is 3.04. The number of benzene rings is 2. The standard InChI is InChI=1S/C18H20N2O3/c1-2-22-16-9-7-14(8-10-16)19-18(21)20-15-11-13-5-3-4-6-17(13)23-12-15/h3-10,15H,2,11-12H2,1H3,(H2,19,20,21). The highest BCUT2D eigenvalue weighted by Gasteiger charge is 2.20. The Labute approximate surface area is 135 Å². The van der Waals surface area contributed by atoms with Gasteiger partial charge in [-0.05, 0) is 49.2 Å². The van der Waals surface area contributed by atoms with Gasteiger partial charge in [0.05, 0.1) is 12.6 Å². The number of fused-ring (bicyclic) bond motifs is 1. The third kappa shape index (κ3) is 3.94. The lowest BCUT2D eigenvalue weighted by molar-refractivity contribution is 0.222. The quantitative estimate of drug-likeness (QED) is 0.911. The largest absolute Gasteiger partial charge is 0.494 e. The summed E-state index contributed by atoms with van der Waals surface area (Å²) in [5, 5.41) is 5.76. The molecule has 1 heterocycles. The predicted octanol–water partition coefficient (Wildman–Crippen LogP) is 3.21. The van der Waals surface area contributed by atoms with E-state index in [9.17, 15) is 4.79 Å². The van der Waals surface area contributed by atoms with E-state index in [4.69, 9.17) is 9.47 Å². The average Bonchev–Trinajstić information content (AvgIpc) is 2.57. The van der Waals surface area contributed by atoms with E-state index in [0.717, 1.165) is 29.2 Å². The number of hydrogen-bond acceptors (Lipinski definition) is 3. The van der Waals surface area contributed by atoms with Crippen molar-refractivity contribution < 1.29 is 14.3 Å². The summed E-state index contributed by atoms with van der Waals surface area (Å²) in [5.74, 6) is 1.69. The summed E-state index contributed by atoms with van der Waals surface area (Å²) >= 11 is 0. The van der Waals surface area contributed by atoms with Crippen LogP contribution in [0.5, 0.6) is 11.5 Å². The zero-order valence-corrected chi connectivity index (χ0v) is 13.0. The van der Waals surface area contributed by atoms with Crippen LogP contribution >= 0.6 is 0 Å². The van der Waals surface area contributed by atoms with Gasteiger partial charge in [0.15, 0.2) is 0 Å². The van der Waals surface area contributed by atoms with E-state index in [2.05, 4.69) is 10.6 Å². The number of urea groups is 1. The number of ether oxygens (including phenoxy) is 2. The lowest BCUT2D eigenvalue weighted by Gasteiger charge is -2.26. The van der Waals surface area contributed by atoms with Crippen molar-refractivity contribution in [1.29, 1.82) is 0 Å². The van der Waals surface area contributed by atoms with Crippen LogP contribution in [0.2, 0.25) is 0 Å². The zero-order chi connectivity index (χ0) is 16.1. The molecule has 5 nitrogen and oxygen atoms in total. The number of anilines is 1. The van der Waals surface area contributed by atoms with Gasteiger partial charge in [0.1, 0.15) is 18.1 Å². The van der Waals surface area contributed by atoms with Gasteiger partial charge in [-0.15, -0.1) is 0 Å². The Balaban J connectivity index is 1.54. The second-order valence-corrected chi connectivity index (χ2v) is 5.38. The van der Waals surface area contributed by atoms with Gasteiger partial charge >= 0.3 is 6.03 Å². The Morgan fingerprint density at radius 3 is 2.78 bits per heavy atom. The van der Waals surface area contributed by atoms with Crippen molar-refractivity contribution in [3.63, 3.8) is 0 Å². The van der Waals surface area contributed by atoms with Crippen LogP contribution in [0.3, 0.4) is 0 Å². The Kier molecular flexibility index (Phi) is 4.66. The molecule has 2 N–H and O–H groups in total. The number of carbonyl (C=O) groups is 1. The predicted molar refractivity (Wildman–Crippen MR) is 89.2 cm³/mol. The van der Waals surface area contributed by atoms with Crippen molar-refractivity contribution in [2.24, 2.45) is 0 Å². The van der Waals surface area contributed by atoms with Crippen molar-refractivity contribution in [2.75, 3.05) is 18.5 Å². The molecule has 0 fully saturated rings.